The molecular weight excluding hydrogens is 456 g/mol. The van der Waals surface area contributed by atoms with Crippen molar-refractivity contribution in [1.29, 1.82) is 5.26 Å². The number of amides is 1. The number of carbonyl (C=O) groups is 1. The van der Waals surface area contributed by atoms with Crippen molar-refractivity contribution in [3.8, 4) is 11.8 Å². The molecule has 0 saturated carbocycles. The number of rotatable bonds is 7. The average molecular weight is 477 g/mol. The van der Waals surface area contributed by atoms with E-state index in [4.69, 9.17) is 21.1 Å². The molecule has 1 heterocycles. The second-order valence-electron chi connectivity index (χ2n) is 6.63. The number of anilines is 2. The number of hydrogen-bond donors (Lipinski definition) is 2. The molecule has 2 aromatic rings. The van der Waals surface area contributed by atoms with Gasteiger partial charge in [-0.15, -0.1) is 0 Å². The Morgan fingerprint density at radius 3 is 2.62 bits per heavy atom. The first-order valence-corrected chi connectivity index (χ1v) is 11.4. The summed E-state index contributed by atoms with van der Waals surface area (Å²) in [5, 5.41) is 15.0. The number of nitrogens with one attached hydrogen (secondary N) is 2. The lowest BCUT2D eigenvalue weighted by atomic mass is 10.2. The Morgan fingerprint density at radius 2 is 1.94 bits per heavy atom. The van der Waals surface area contributed by atoms with E-state index < -0.39 is 15.9 Å². The van der Waals surface area contributed by atoms with Crippen LogP contribution in [0.2, 0.25) is 5.02 Å². The van der Waals surface area contributed by atoms with Crippen LogP contribution in [0.15, 0.2) is 59.1 Å². The first kappa shape index (κ1) is 23.6. The summed E-state index contributed by atoms with van der Waals surface area (Å²) in [6, 6.07) is 12.8. The molecule has 3 rings (SSSR count). The molecule has 32 heavy (non-hydrogen) atoms. The fraction of sp³-hybridized carbons (Fsp3) is 0.238. The number of nitrogens with zero attached hydrogens (tertiary/aromatic N) is 2. The maximum absolute atomic E-state index is 12.9. The molecule has 2 N–H and O–H groups in total. The molecule has 0 radical (unpaired) electrons. The number of morpholine rings is 1. The molecule has 1 amide bonds. The Bertz CT molecular complexity index is 1170. The van der Waals surface area contributed by atoms with Crippen LogP contribution in [0.1, 0.15) is 0 Å². The Morgan fingerprint density at radius 1 is 1.22 bits per heavy atom. The summed E-state index contributed by atoms with van der Waals surface area (Å²) < 4.78 is 37.5. The Balaban J connectivity index is 1.80. The molecule has 0 atom stereocenters. The summed E-state index contributed by atoms with van der Waals surface area (Å²) >= 11 is 6.19. The van der Waals surface area contributed by atoms with Crippen LogP contribution in [-0.4, -0.2) is 52.0 Å². The van der Waals surface area contributed by atoms with Crippen LogP contribution in [0.5, 0.6) is 5.75 Å². The van der Waals surface area contributed by atoms with Crippen LogP contribution in [0.4, 0.5) is 11.4 Å². The fourth-order valence-electron chi connectivity index (χ4n) is 2.95. The van der Waals surface area contributed by atoms with Gasteiger partial charge in [0, 0.05) is 19.3 Å². The highest BCUT2D eigenvalue weighted by molar-refractivity contribution is 7.89. The summed E-state index contributed by atoms with van der Waals surface area (Å²) in [5.41, 5.74) is 0.394. The third-order valence-electron chi connectivity index (χ3n) is 4.64. The number of sulfonamides is 1. The van der Waals surface area contributed by atoms with Crippen LogP contribution >= 0.6 is 11.6 Å². The minimum atomic E-state index is -3.73. The Hall–Kier alpha value is -3.10. The van der Waals surface area contributed by atoms with E-state index >= 15 is 0 Å². The average Bonchev–Trinajstić information content (AvgIpc) is 2.81. The topological polar surface area (TPSA) is 121 Å². The first-order chi connectivity index (χ1) is 15.4. The molecule has 168 valence electrons. The predicted molar refractivity (Wildman–Crippen MR) is 120 cm³/mol. The zero-order chi connectivity index (χ0) is 23.1. The van der Waals surface area contributed by atoms with Gasteiger partial charge in [-0.1, -0.05) is 23.7 Å². The molecule has 1 aliphatic rings. The molecule has 0 aliphatic carbocycles. The van der Waals surface area contributed by atoms with Crippen molar-refractivity contribution in [3.63, 3.8) is 0 Å². The molecular formula is C21H21ClN4O5S. The normalized spacial score (nSPS) is 15.0. The summed E-state index contributed by atoms with van der Waals surface area (Å²) in [5.74, 6) is -0.229. The van der Waals surface area contributed by atoms with Gasteiger partial charge in [-0.3, -0.25) is 4.79 Å². The van der Waals surface area contributed by atoms with Crippen LogP contribution in [0.25, 0.3) is 0 Å². The molecule has 2 aromatic carbocycles. The molecule has 1 saturated heterocycles. The lowest BCUT2D eigenvalue weighted by Crippen LogP contribution is -2.40. The van der Waals surface area contributed by atoms with E-state index in [1.165, 1.54) is 29.6 Å². The van der Waals surface area contributed by atoms with Gasteiger partial charge in [0.1, 0.15) is 17.4 Å². The van der Waals surface area contributed by atoms with Crippen molar-refractivity contribution < 1.29 is 22.7 Å². The van der Waals surface area contributed by atoms with Crippen LogP contribution < -0.4 is 15.4 Å². The van der Waals surface area contributed by atoms with Crippen LogP contribution in [-0.2, 0) is 19.6 Å². The van der Waals surface area contributed by atoms with Crippen molar-refractivity contribution in [2.75, 3.05) is 44.0 Å². The van der Waals surface area contributed by atoms with Gasteiger partial charge in [0.15, 0.2) is 0 Å². The van der Waals surface area contributed by atoms with Crippen molar-refractivity contribution in [2.24, 2.45) is 0 Å². The van der Waals surface area contributed by atoms with Gasteiger partial charge in [0.25, 0.3) is 5.91 Å². The molecule has 0 unspecified atom stereocenters. The van der Waals surface area contributed by atoms with E-state index in [9.17, 15) is 18.5 Å². The van der Waals surface area contributed by atoms with E-state index in [1.54, 1.807) is 24.3 Å². The maximum Gasteiger partial charge on any atom is 0.267 e. The van der Waals surface area contributed by atoms with Crippen molar-refractivity contribution in [2.45, 2.75) is 4.90 Å². The SMILES string of the molecule is COc1ccccc1NC(=O)/C(C#N)=C\Nc1cc(S(=O)(=O)N2CCOCC2)ccc1Cl. The first-order valence-electron chi connectivity index (χ1n) is 9.55. The molecule has 9 nitrogen and oxygen atoms in total. The molecule has 0 spiro atoms. The lowest BCUT2D eigenvalue weighted by molar-refractivity contribution is -0.112. The van der Waals surface area contributed by atoms with Gasteiger partial charge < -0.3 is 20.1 Å². The van der Waals surface area contributed by atoms with Crippen LogP contribution in [0.3, 0.4) is 0 Å². The third kappa shape index (κ3) is 5.38. The molecule has 0 aromatic heterocycles. The molecule has 0 bridgehead atoms. The summed E-state index contributed by atoms with van der Waals surface area (Å²) in [7, 11) is -2.27. The highest BCUT2D eigenvalue weighted by Gasteiger charge is 2.26. The molecule has 11 heteroatoms. The summed E-state index contributed by atoms with van der Waals surface area (Å²) in [6.45, 7) is 1.17. The van der Waals surface area contributed by atoms with E-state index in [-0.39, 0.29) is 34.3 Å². The van der Waals surface area contributed by atoms with E-state index in [1.807, 2.05) is 6.07 Å². The quantitative estimate of drug-likeness (QED) is 0.465. The van der Waals surface area contributed by atoms with Gasteiger partial charge in [0.2, 0.25) is 10.0 Å². The number of carbonyl (C=O) groups excluding carboxylic acids is 1. The number of hydrogen-bond acceptors (Lipinski definition) is 7. The Kier molecular flexibility index (Phi) is 7.71. The maximum atomic E-state index is 12.9. The van der Waals surface area contributed by atoms with Gasteiger partial charge in [-0.2, -0.15) is 9.57 Å². The zero-order valence-corrected chi connectivity index (χ0v) is 18.7. The monoisotopic (exact) mass is 476 g/mol. The minimum absolute atomic E-state index is 0.0386. The number of para-hydroxylation sites is 2. The molecule has 1 aliphatic heterocycles. The predicted octanol–water partition coefficient (Wildman–Crippen LogP) is 2.83. The van der Waals surface area contributed by atoms with E-state index in [0.717, 1.165) is 6.20 Å². The summed E-state index contributed by atoms with van der Waals surface area (Å²) in [6.07, 6.45) is 1.16. The zero-order valence-electron chi connectivity index (χ0n) is 17.2. The lowest BCUT2D eigenvalue weighted by Gasteiger charge is -2.26. The Labute approximate surface area is 191 Å². The molecule has 1 fully saturated rings. The number of halogens is 1. The van der Waals surface area contributed by atoms with E-state index in [0.29, 0.717) is 24.7 Å². The van der Waals surface area contributed by atoms with Gasteiger partial charge in [-0.05, 0) is 30.3 Å². The van der Waals surface area contributed by atoms with Crippen molar-refractivity contribution in [3.05, 3.63) is 59.3 Å². The van der Waals surface area contributed by atoms with Crippen molar-refractivity contribution >= 4 is 38.9 Å². The largest absolute Gasteiger partial charge is 0.495 e. The third-order valence-corrected chi connectivity index (χ3v) is 6.86. The van der Waals surface area contributed by atoms with Gasteiger partial charge in [-0.25, -0.2) is 8.42 Å². The van der Waals surface area contributed by atoms with Crippen LogP contribution in [0, 0.1) is 11.3 Å². The standard InChI is InChI=1S/C21H21ClN4O5S/c1-30-20-5-3-2-4-18(20)25-21(27)15(13-23)14-24-19-12-16(6-7-17(19)22)32(28,29)26-8-10-31-11-9-26/h2-7,12,14,24H,8-11H2,1H3,(H,25,27)/b15-14-. The number of ether oxygens (including phenoxy) is 2. The number of nitriles is 1. The highest BCUT2D eigenvalue weighted by atomic mass is 35.5. The van der Waals surface area contributed by atoms with Gasteiger partial charge in [0.05, 0.1) is 41.6 Å². The van der Waals surface area contributed by atoms with E-state index in [2.05, 4.69) is 10.6 Å². The second kappa shape index (κ2) is 10.5. The van der Waals surface area contributed by atoms with Crippen molar-refractivity contribution in [1.82, 2.24) is 4.31 Å². The fourth-order valence-corrected chi connectivity index (χ4v) is 4.55. The second-order valence-corrected chi connectivity index (χ2v) is 8.97. The smallest absolute Gasteiger partial charge is 0.267 e. The minimum Gasteiger partial charge on any atom is -0.495 e. The number of methoxy groups -OCH3 is 1. The van der Waals surface area contributed by atoms with Gasteiger partial charge >= 0.3 is 0 Å². The number of benzene rings is 2. The summed E-state index contributed by atoms with van der Waals surface area (Å²) in [4.78, 5) is 12.5. The highest BCUT2D eigenvalue weighted by Crippen LogP contribution is 2.28.